The zero-order chi connectivity index (χ0) is 13.3. The van der Waals surface area contributed by atoms with Crippen LogP contribution in [0.1, 0.15) is 13.8 Å². The van der Waals surface area contributed by atoms with Gasteiger partial charge in [-0.15, -0.1) is 12.4 Å². The minimum absolute atomic E-state index is 0. The summed E-state index contributed by atoms with van der Waals surface area (Å²) in [6, 6.07) is 4.21. The van der Waals surface area contributed by atoms with Gasteiger partial charge in [0.05, 0.1) is 5.02 Å². The third-order valence-electron chi connectivity index (χ3n) is 2.10. The smallest absolute Gasteiger partial charge is 0.242 e. The molecule has 1 rings (SSSR count). The van der Waals surface area contributed by atoms with E-state index in [1.54, 1.807) is 13.8 Å². The summed E-state index contributed by atoms with van der Waals surface area (Å²) in [4.78, 5) is -0.00917. The number of nitrogens with one attached hydrogen (secondary N) is 1. The van der Waals surface area contributed by atoms with Crippen LogP contribution >= 0.6 is 35.6 Å². The lowest BCUT2D eigenvalue weighted by molar-refractivity contribution is 0.462. The highest BCUT2D eigenvalue weighted by molar-refractivity contribution is 7.89. The van der Waals surface area contributed by atoms with E-state index in [9.17, 15) is 8.42 Å². The number of hydrogen-bond acceptors (Lipinski definition) is 3. The van der Waals surface area contributed by atoms with E-state index in [4.69, 9.17) is 28.9 Å². The molecule has 0 saturated carbocycles. The molecule has 0 atom stereocenters. The number of rotatable bonds is 4. The number of nitrogens with two attached hydrogens (primary N) is 1. The Balaban J connectivity index is 0.00000289. The van der Waals surface area contributed by atoms with Gasteiger partial charge in [0.2, 0.25) is 10.0 Å². The third kappa shape index (κ3) is 4.57. The summed E-state index contributed by atoms with van der Waals surface area (Å²) < 4.78 is 26.6. The Labute approximate surface area is 123 Å². The maximum Gasteiger partial charge on any atom is 0.242 e. The summed E-state index contributed by atoms with van der Waals surface area (Å²) >= 11 is 11.6. The Morgan fingerprint density at radius 1 is 1.33 bits per heavy atom. The molecule has 0 saturated heterocycles. The molecule has 1 aromatic carbocycles. The number of sulfonamides is 1. The van der Waals surface area contributed by atoms with Crippen LogP contribution < -0.4 is 10.5 Å². The molecular formula is C10H15Cl3N2O2S. The zero-order valence-electron chi connectivity index (χ0n) is 9.91. The fourth-order valence-corrected chi connectivity index (χ4v) is 3.35. The van der Waals surface area contributed by atoms with Crippen molar-refractivity contribution < 1.29 is 8.42 Å². The van der Waals surface area contributed by atoms with Crippen LogP contribution in [-0.4, -0.2) is 20.5 Å². The quantitative estimate of drug-likeness (QED) is 0.889. The first-order chi connectivity index (χ1) is 7.68. The molecule has 0 radical (unpaired) electrons. The standard InChI is InChI=1S/C10H14Cl2N2O2S.ClH/c1-10(2,6-13)14-17(15,16)9-4-3-7(11)5-8(9)12;/h3-5,14H,6,13H2,1-2H3;1H. The Morgan fingerprint density at radius 3 is 2.33 bits per heavy atom. The molecule has 0 amide bonds. The highest BCUT2D eigenvalue weighted by Crippen LogP contribution is 2.25. The predicted octanol–water partition coefficient (Wildman–Crippen LogP) is 2.43. The Hall–Kier alpha value is -0.0400. The van der Waals surface area contributed by atoms with Crippen LogP contribution in [0.3, 0.4) is 0 Å². The minimum atomic E-state index is -3.70. The second kappa shape index (κ2) is 6.41. The van der Waals surface area contributed by atoms with Crippen LogP contribution in [0.4, 0.5) is 0 Å². The van der Waals surface area contributed by atoms with Crippen molar-refractivity contribution in [1.82, 2.24) is 4.72 Å². The molecule has 4 nitrogen and oxygen atoms in total. The monoisotopic (exact) mass is 332 g/mol. The Kier molecular flexibility index (Phi) is 6.40. The molecule has 0 fully saturated rings. The first-order valence-electron chi connectivity index (χ1n) is 4.87. The third-order valence-corrected chi connectivity index (χ3v) is 4.52. The molecule has 3 N–H and O–H groups in total. The van der Waals surface area contributed by atoms with Gasteiger partial charge < -0.3 is 5.73 Å². The molecule has 0 aliphatic heterocycles. The van der Waals surface area contributed by atoms with Gasteiger partial charge in [0.25, 0.3) is 0 Å². The second-order valence-electron chi connectivity index (χ2n) is 4.27. The normalized spacial score (nSPS) is 12.1. The molecule has 0 spiro atoms. The molecule has 0 aromatic heterocycles. The average molecular weight is 334 g/mol. The Morgan fingerprint density at radius 2 is 1.89 bits per heavy atom. The molecule has 0 aliphatic rings. The Bertz CT molecular complexity index is 518. The van der Waals surface area contributed by atoms with Crippen LogP contribution in [0.25, 0.3) is 0 Å². The summed E-state index contributed by atoms with van der Waals surface area (Å²) in [5.41, 5.74) is 4.74. The summed E-state index contributed by atoms with van der Waals surface area (Å²) in [5.74, 6) is 0. The van der Waals surface area contributed by atoms with E-state index in [1.807, 2.05) is 0 Å². The maximum atomic E-state index is 12.0. The fourth-order valence-electron chi connectivity index (χ4n) is 1.15. The van der Waals surface area contributed by atoms with E-state index in [0.717, 1.165) is 0 Å². The van der Waals surface area contributed by atoms with Gasteiger partial charge in [-0.05, 0) is 32.0 Å². The molecule has 0 aliphatic carbocycles. The number of hydrogen-bond donors (Lipinski definition) is 2. The molecule has 8 heteroatoms. The first kappa shape index (κ1) is 18.0. The van der Waals surface area contributed by atoms with Crippen molar-refractivity contribution in [2.24, 2.45) is 5.73 Å². The van der Waals surface area contributed by atoms with Crippen LogP contribution in [0.2, 0.25) is 10.0 Å². The van der Waals surface area contributed by atoms with Gasteiger partial charge >= 0.3 is 0 Å². The van der Waals surface area contributed by atoms with Crippen molar-refractivity contribution in [3.63, 3.8) is 0 Å². The predicted molar refractivity (Wildman–Crippen MR) is 77.2 cm³/mol. The molecule has 0 unspecified atom stereocenters. The SMILES string of the molecule is CC(C)(CN)NS(=O)(=O)c1ccc(Cl)cc1Cl.Cl. The van der Waals surface area contributed by atoms with Gasteiger partial charge in [-0.25, -0.2) is 13.1 Å². The first-order valence-corrected chi connectivity index (χ1v) is 7.11. The lowest BCUT2D eigenvalue weighted by Crippen LogP contribution is -2.48. The van der Waals surface area contributed by atoms with E-state index in [-0.39, 0.29) is 28.9 Å². The van der Waals surface area contributed by atoms with Gasteiger partial charge in [0, 0.05) is 17.1 Å². The van der Waals surface area contributed by atoms with Gasteiger partial charge in [-0.1, -0.05) is 23.2 Å². The van der Waals surface area contributed by atoms with E-state index < -0.39 is 15.6 Å². The summed E-state index contributed by atoms with van der Waals surface area (Å²) in [6.45, 7) is 3.56. The largest absolute Gasteiger partial charge is 0.329 e. The van der Waals surface area contributed by atoms with E-state index in [2.05, 4.69) is 4.72 Å². The van der Waals surface area contributed by atoms with Crippen molar-refractivity contribution in [2.45, 2.75) is 24.3 Å². The average Bonchev–Trinajstić information content (AvgIpc) is 2.15. The second-order valence-corrected chi connectivity index (χ2v) is 6.76. The van der Waals surface area contributed by atoms with Crippen LogP contribution in [0.5, 0.6) is 0 Å². The van der Waals surface area contributed by atoms with E-state index in [0.29, 0.717) is 5.02 Å². The maximum absolute atomic E-state index is 12.0. The van der Waals surface area contributed by atoms with Crippen LogP contribution in [0, 0.1) is 0 Å². The highest BCUT2D eigenvalue weighted by Gasteiger charge is 2.26. The fraction of sp³-hybridized carbons (Fsp3) is 0.400. The minimum Gasteiger partial charge on any atom is -0.329 e. The van der Waals surface area contributed by atoms with Gasteiger partial charge in [-0.3, -0.25) is 0 Å². The van der Waals surface area contributed by atoms with Crippen molar-refractivity contribution in [3.05, 3.63) is 28.2 Å². The van der Waals surface area contributed by atoms with Crippen molar-refractivity contribution in [3.8, 4) is 0 Å². The van der Waals surface area contributed by atoms with Crippen LogP contribution in [0.15, 0.2) is 23.1 Å². The summed E-state index contributed by atoms with van der Waals surface area (Å²) in [6.07, 6.45) is 0. The summed E-state index contributed by atoms with van der Waals surface area (Å²) in [7, 11) is -3.70. The lowest BCUT2D eigenvalue weighted by atomic mass is 10.1. The van der Waals surface area contributed by atoms with E-state index in [1.165, 1.54) is 18.2 Å². The molecule has 104 valence electrons. The van der Waals surface area contributed by atoms with Gasteiger partial charge in [0.15, 0.2) is 0 Å². The molecule has 1 aromatic rings. The topological polar surface area (TPSA) is 72.2 Å². The number of halogens is 3. The van der Waals surface area contributed by atoms with Crippen molar-refractivity contribution in [2.75, 3.05) is 6.54 Å². The highest BCUT2D eigenvalue weighted by atomic mass is 35.5. The van der Waals surface area contributed by atoms with Gasteiger partial charge in [0.1, 0.15) is 4.90 Å². The number of benzene rings is 1. The van der Waals surface area contributed by atoms with Crippen LogP contribution in [-0.2, 0) is 10.0 Å². The lowest BCUT2D eigenvalue weighted by Gasteiger charge is -2.24. The zero-order valence-corrected chi connectivity index (χ0v) is 13.1. The molecule has 0 heterocycles. The summed E-state index contributed by atoms with van der Waals surface area (Å²) in [5, 5.41) is 0.463. The van der Waals surface area contributed by atoms with Crippen molar-refractivity contribution in [1.29, 1.82) is 0 Å². The molecule has 0 bridgehead atoms. The van der Waals surface area contributed by atoms with Gasteiger partial charge in [-0.2, -0.15) is 0 Å². The van der Waals surface area contributed by atoms with E-state index >= 15 is 0 Å². The molecular weight excluding hydrogens is 319 g/mol. The van der Waals surface area contributed by atoms with Crippen molar-refractivity contribution >= 4 is 45.6 Å². The molecule has 18 heavy (non-hydrogen) atoms.